The normalized spacial score (nSPS) is 23.2. The van der Waals surface area contributed by atoms with Crippen LogP contribution in [-0.2, 0) is 0 Å². The van der Waals surface area contributed by atoms with Crippen LogP contribution in [0.3, 0.4) is 0 Å². The third kappa shape index (κ3) is 2.14. The fourth-order valence-corrected chi connectivity index (χ4v) is 1.85. The lowest BCUT2D eigenvalue weighted by molar-refractivity contribution is 0.162. The van der Waals surface area contributed by atoms with E-state index in [0.29, 0.717) is 11.5 Å². The Kier molecular flexibility index (Phi) is 2.62. The maximum Gasteiger partial charge on any atom is 0.179 e. The molecule has 1 rings (SSSR count). The molecule has 0 spiro atoms. The van der Waals surface area contributed by atoms with Crippen LogP contribution in [0.15, 0.2) is 0 Å². The maximum absolute atomic E-state index is 8.69. The Hall–Kier alpha value is -0.710. The lowest BCUT2D eigenvalue weighted by Crippen LogP contribution is -2.34. The molecule has 0 amide bonds. The Morgan fingerprint density at radius 1 is 1.33 bits per heavy atom. The van der Waals surface area contributed by atoms with E-state index in [1.165, 1.54) is 25.7 Å². The zero-order chi connectivity index (χ0) is 9.19. The predicted molar refractivity (Wildman–Crippen MR) is 49.4 cm³/mol. The van der Waals surface area contributed by atoms with Gasteiger partial charge in [-0.3, -0.25) is 0 Å². The van der Waals surface area contributed by atoms with Gasteiger partial charge in [0.1, 0.15) is 0 Å². The Bertz CT molecular complexity index is 181. The Morgan fingerprint density at radius 2 is 1.83 bits per heavy atom. The summed E-state index contributed by atoms with van der Waals surface area (Å²) in [5.41, 5.74) is 0.507. The van der Waals surface area contributed by atoms with Crippen LogP contribution in [0.5, 0.6) is 0 Å². The molecular formula is C10H18N2. The van der Waals surface area contributed by atoms with Gasteiger partial charge in [-0.15, -0.1) is 0 Å². The van der Waals surface area contributed by atoms with Gasteiger partial charge in [0.2, 0.25) is 0 Å². The van der Waals surface area contributed by atoms with Gasteiger partial charge >= 0.3 is 0 Å². The van der Waals surface area contributed by atoms with Crippen molar-refractivity contribution in [2.45, 2.75) is 45.6 Å². The summed E-state index contributed by atoms with van der Waals surface area (Å²) in [7, 11) is 1.89. The third-order valence-corrected chi connectivity index (χ3v) is 3.01. The quantitative estimate of drug-likeness (QED) is 0.441. The Balaban J connectivity index is 2.42. The minimum Gasteiger partial charge on any atom is -0.311 e. The Morgan fingerprint density at radius 3 is 2.25 bits per heavy atom. The highest BCUT2D eigenvalue weighted by molar-refractivity contribution is 4.86. The number of hydrogen-bond donors (Lipinski definition) is 0. The SMILES string of the molecule is CN(C#N)C1CCC(C)(C)CC1. The summed E-state index contributed by atoms with van der Waals surface area (Å²) >= 11 is 0. The van der Waals surface area contributed by atoms with Crippen molar-refractivity contribution in [2.24, 2.45) is 5.41 Å². The van der Waals surface area contributed by atoms with E-state index in [1.807, 2.05) is 7.05 Å². The van der Waals surface area contributed by atoms with Crippen molar-refractivity contribution in [3.05, 3.63) is 0 Å². The highest BCUT2D eigenvalue weighted by atomic mass is 15.1. The van der Waals surface area contributed by atoms with Gasteiger partial charge in [-0.25, -0.2) is 0 Å². The molecule has 0 N–H and O–H groups in total. The van der Waals surface area contributed by atoms with E-state index in [4.69, 9.17) is 5.26 Å². The third-order valence-electron chi connectivity index (χ3n) is 3.01. The van der Waals surface area contributed by atoms with E-state index in [9.17, 15) is 0 Å². The molecule has 0 aromatic heterocycles. The van der Waals surface area contributed by atoms with Gasteiger partial charge in [0.15, 0.2) is 6.19 Å². The molecule has 1 saturated carbocycles. The van der Waals surface area contributed by atoms with Gasteiger partial charge in [-0.1, -0.05) is 13.8 Å². The first-order valence-electron chi connectivity index (χ1n) is 4.68. The average Bonchev–Trinajstić information content (AvgIpc) is 2.03. The molecule has 0 atom stereocenters. The van der Waals surface area contributed by atoms with Gasteiger partial charge in [-0.2, -0.15) is 5.26 Å². The topological polar surface area (TPSA) is 27.0 Å². The van der Waals surface area contributed by atoms with Crippen LogP contribution in [0, 0.1) is 16.9 Å². The van der Waals surface area contributed by atoms with E-state index in [2.05, 4.69) is 20.0 Å². The molecule has 1 aliphatic rings. The zero-order valence-corrected chi connectivity index (χ0v) is 8.30. The standard InChI is InChI=1S/C10H18N2/c1-10(2)6-4-9(5-7-10)12(3)8-11/h9H,4-7H2,1-3H3. The second kappa shape index (κ2) is 3.35. The van der Waals surface area contributed by atoms with E-state index in [1.54, 1.807) is 4.90 Å². The molecule has 1 fully saturated rings. The number of nitrogens with zero attached hydrogens (tertiary/aromatic N) is 2. The number of rotatable bonds is 1. The number of nitriles is 1. The summed E-state index contributed by atoms with van der Waals surface area (Å²) in [4.78, 5) is 1.80. The van der Waals surface area contributed by atoms with E-state index in [-0.39, 0.29) is 0 Å². The highest BCUT2D eigenvalue weighted by Gasteiger charge is 2.28. The molecule has 0 aromatic carbocycles. The molecule has 1 aliphatic carbocycles. The first-order chi connectivity index (χ1) is 5.55. The molecule has 0 heterocycles. The van der Waals surface area contributed by atoms with Crippen LogP contribution in [0.1, 0.15) is 39.5 Å². The van der Waals surface area contributed by atoms with Crippen molar-refractivity contribution < 1.29 is 0 Å². The van der Waals surface area contributed by atoms with Crippen molar-refractivity contribution >= 4 is 0 Å². The van der Waals surface area contributed by atoms with Gasteiger partial charge in [0.25, 0.3) is 0 Å². The van der Waals surface area contributed by atoms with E-state index >= 15 is 0 Å². The first-order valence-corrected chi connectivity index (χ1v) is 4.68. The molecule has 0 aliphatic heterocycles. The summed E-state index contributed by atoms with van der Waals surface area (Å²) in [6, 6.07) is 0.503. The molecule has 12 heavy (non-hydrogen) atoms. The molecule has 0 aromatic rings. The number of hydrogen-bond acceptors (Lipinski definition) is 2. The lowest BCUT2D eigenvalue weighted by Gasteiger charge is -2.36. The van der Waals surface area contributed by atoms with Crippen LogP contribution in [0.2, 0.25) is 0 Å². The largest absolute Gasteiger partial charge is 0.311 e. The average molecular weight is 166 g/mol. The molecule has 0 unspecified atom stereocenters. The maximum atomic E-state index is 8.69. The van der Waals surface area contributed by atoms with Crippen LogP contribution in [0.25, 0.3) is 0 Å². The summed E-state index contributed by atoms with van der Waals surface area (Å²) in [6.45, 7) is 4.63. The van der Waals surface area contributed by atoms with Crippen molar-refractivity contribution in [3.63, 3.8) is 0 Å². The molecule has 68 valence electrons. The molecule has 0 radical (unpaired) electrons. The van der Waals surface area contributed by atoms with Crippen molar-refractivity contribution in [1.82, 2.24) is 4.90 Å². The minimum atomic E-state index is 0.503. The van der Waals surface area contributed by atoms with Crippen LogP contribution < -0.4 is 0 Å². The van der Waals surface area contributed by atoms with E-state index in [0.717, 1.165) is 0 Å². The molecule has 0 saturated heterocycles. The molecule has 0 bridgehead atoms. The first kappa shape index (κ1) is 9.38. The predicted octanol–water partition coefficient (Wildman–Crippen LogP) is 2.37. The van der Waals surface area contributed by atoms with E-state index < -0.39 is 0 Å². The summed E-state index contributed by atoms with van der Waals surface area (Å²) in [5, 5.41) is 8.69. The molecular weight excluding hydrogens is 148 g/mol. The lowest BCUT2D eigenvalue weighted by atomic mass is 9.75. The second-order valence-corrected chi connectivity index (χ2v) is 4.61. The smallest absolute Gasteiger partial charge is 0.179 e. The Labute approximate surface area is 75.2 Å². The minimum absolute atomic E-state index is 0.503. The van der Waals surface area contributed by atoms with Crippen molar-refractivity contribution in [3.8, 4) is 6.19 Å². The summed E-state index contributed by atoms with van der Waals surface area (Å²) < 4.78 is 0. The van der Waals surface area contributed by atoms with Gasteiger partial charge in [0, 0.05) is 13.1 Å². The van der Waals surface area contributed by atoms with Crippen LogP contribution >= 0.6 is 0 Å². The van der Waals surface area contributed by atoms with Crippen LogP contribution in [0.4, 0.5) is 0 Å². The van der Waals surface area contributed by atoms with Gasteiger partial charge < -0.3 is 4.90 Å². The summed E-state index contributed by atoms with van der Waals surface area (Å²) in [5.74, 6) is 0. The second-order valence-electron chi connectivity index (χ2n) is 4.61. The fraction of sp³-hybridized carbons (Fsp3) is 0.900. The molecule has 2 heteroatoms. The van der Waals surface area contributed by atoms with Crippen molar-refractivity contribution in [2.75, 3.05) is 7.05 Å². The zero-order valence-electron chi connectivity index (χ0n) is 8.30. The fourth-order valence-electron chi connectivity index (χ4n) is 1.85. The monoisotopic (exact) mass is 166 g/mol. The van der Waals surface area contributed by atoms with Gasteiger partial charge in [0.05, 0.1) is 0 Å². The highest BCUT2D eigenvalue weighted by Crippen LogP contribution is 2.36. The van der Waals surface area contributed by atoms with Crippen molar-refractivity contribution in [1.29, 1.82) is 5.26 Å². The summed E-state index contributed by atoms with van der Waals surface area (Å²) in [6.07, 6.45) is 7.06. The van der Waals surface area contributed by atoms with Gasteiger partial charge in [-0.05, 0) is 31.1 Å². The van der Waals surface area contributed by atoms with Crippen LogP contribution in [-0.4, -0.2) is 18.0 Å². The molecule has 2 nitrogen and oxygen atoms in total.